The van der Waals surface area contributed by atoms with Gasteiger partial charge in [-0.1, -0.05) is 23.7 Å². The van der Waals surface area contributed by atoms with Crippen LogP contribution in [-0.4, -0.2) is 38.9 Å². The summed E-state index contributed by atoms with van der Waals surface area (Å²) in [5.74, 6) is -0.328. The largest absolute Gasteiger partial charge is 0.369 e. The topological polar surface area (TPSA) is 40.6 Å². The summed E-state index contributed by atoms with van der Waals surface area (Å²) in [5, 5.41) is 0.531. The molecule has 2 aromatic carbocycles. The zero-order valence-electron chi connectivity index (χ0n) is 13.0. The Kier molecular flexibility index (Phi) is 5.08. The van der Waals surface area contributed by atoms with E-state index in [1.807, 2.05) is 0 Å². The lowest BCUT2D eigenvalue weighted by Gasteiger charge is -2.35. The number of hydrogen-bond donors (Lipinski definition) is 0. The van der Waals surface area contributed by atoms with Gasteiger partial charge in [0.2, 0.25) is 10.0 Å². The van der Waals surface area contributed by atoms with Crippen LogP contribution in [0, 0.1) is 5.82 Å². The molecule has 128 valence electrons. The Morgan fingerprint density at radius 1 is 1.00 bits per heavy atom. The number of benzene rings is 2. The van der Waals surface area contributed by atoms with Crippen LogP contribution >= 0.6 is 11.6 Å². The maximum atomic E-state index is 13.0. The van der Waals surface area contributed by atoms with Crippen molar-refractivity contribution in [1.29, 1.82) is 0 Å². The fraction of sp³-hybridized carbons (Fsp3) is 0.294. The van der Waals surface area contributed by atoms with Crippen LogP contribution in [0.3, 0.4) is 0 Å². The SMILES string of the molecule is O=S(=O)(Cc1cccc(Cl)c1)N1CCN(c2ccc(F)cc2)CC1. The smallest absolute Gasteiger partial charge is 0.218 e. The highest BCUT2D eigenvalue weighted by molar-refractivity contribution is 7.88. The first-order valence-electron chi connectivity index (χ1n) is 7.67. The van der Waals surface area contributed by atoms with Crippen LogP contribution in [0.15, 0.2) is 48.5 Å². The maximum absolute atomic E-state index is 13.0. The molecule has 0 amide bonds. The average Bonchev–Trinajstić information content (AvgIpc) is 2.55. The van der Waals surface area contributed by atoms with Crippen molar-refractivity contribution < 1.29 is 12.8 Å². The summed E-state index contributed by atoms with van der Waals surface area (Å²) in [6.45, 7) is 2.00. The average molecular weight is 369 g/mol. The molecule has 24 heavy (non-hydrogen) atoms. The number of halogens is 2. The lowest BCUT2D eigenvalue weighted by molar-refractivity contribution is 0.384. The first kappa shape index (κ1) is 17.2. The van der Waals surface area contributed by atoms with E-state index in [1.165, 1.54) is 16.4 Å². The standard InChI is InChI=1S/C17H18ClFN2O2S/c18-15-3-1-2-14(12-15)13-24(22,23)21-10-8-20(9-11-21)17-6-4-16(19)5-7-17/h1-7,12H,8-11,13H2. The van der Waals surface area contributed by atoms with Crippen LogP contribution in [0.4, 0.5) is 10.1 Å². The molecule has 3 rings (SSSR count). The number of hydrogen-bond acceptors (Lipinski definition) is 3. The third kappa shape index (κ3) is 4.06. The van der Waals surface area contributed by atoms with E-state index >= 15 is 0 Å². The van der Waals surface area contributed by atoms with Gasteiger partial charge in [0.05, 0.1) is 5.75 Å². The Bertz CT molecular complexity index is 804. The summed E-state index contributed by atoms with van der Waals surface area (Å²) in [6.07, 6.45) is 0. The molecule has 0 N–H and O–H groups in total. The van der Waals surface area contributed by atoms with Gasteiger partial charge in [0.1, 0.15) is 5.82 Å². The monoisotopic (exact) mass is 368 g/mol. The van der Waals surface area contributed by atoms with Gasteiger partial charge in [0.25, 0.3) is 0 Å². The first-order chi connectivity index (χ1) is 11.4. The molecule has 0 aromatic heterocycles. The van der Waals surface area contributed by atoms with Gasteiger partial charge in [-0.25, -0.2) is 12.8 Å². The quantitative estimate of drug-likeness (QED) is 0.832. The van der Waals surface area contributed by atoms with Crippen molar-refractivity contribution in [2.45, 2.75) is 5.75 Å². The summed E-state index contributed by atoms with van der Waals surface area (Å²) < 4.78 is 39.6. The Hall–Kier alpha value is -1.63. The highest BCUT2D eigenvalue weighted by Crippen LogP contribution is 2.20. The Morgan fingerprint density at radius 2 is 1.67 bits per heavy atom. The second-order valence-corrected chi connectivity index (χ2v) is 8.15. The van der Waals surface area contributed by atoms with Gasteiger partial charge in [0, 0.05) is 36.9 Å². The normalized spacial score (nSPS) is 16.3. The molecule has 1 aliphatic heterocycles. The van der Waals surface area contributed by atoms with E-state index in [1.54, 1.807) is 36.4 Å². The van der Waals surface area contributed by atoms with Crippen molar-refractivity contribution in [3.8, 4) is 0 Å². The summed E-state index contributed by atoms with van der Waals surface area (Å²) in [6, 6.07) is 13.2. The Labute approximate surface area is 146 Å². The molecule has 1 aliphatic rings. The highest BCUT2D eigenvalue weighted by Gasteiger charge is 2.27. The predicted molar refractivity (Wildman–Crippen MR) is 94.3 cm³/mol. The highest BCUT2D eigenvalue weighted by atomic mass is 35.5. The van der Waals surface area contributed by atoms with Crippen molar-refractivity contribution in [3.63, 3.8) is 0 Å². The summed E-state index contributed by atoms with van der Waals surface area (Å²) in [7, 11) is -3.38. The van der Waals surface area contributed by atoms with E-state index in [0.29, 0.717) is 36.8 Å². The van der Waals surface area contributed by atoms with Crippen molar-refractivity contribution >= 4 is 27.3 Å². The zero-order valence-corrected chi connectivity index (χ0v) is 14.6. The molecule has 0 aliphatic carbocycles. The number of rotatable bonds is 4. The molecule has 1 heterocycles. The molecule has 2 aromatic rings. The molecule has 0 atom stereocenters. The third-order valence-corrected chi connectivity index (χ3v) is 6.15. The van der Waals surface area contributed by atoms with Crippen molar-refractivity contribution in [2.24, 2.45) is 0 Å². The number of piperazine rings is 1. The second-order valence-electron chi connectivity index (χ2n) is 5.75. The molecular formula is C17H18ClFN2O2S. The molecule has 0 unspecified atom stereocenters. The predicted octanol–water partition coefficient (Wildman–Crippen LogP) is 3.13. The Balaban J connectivity index is 1.64. The summed E-state index contributed by atoms with van der Waals surface area (Å²) >= 11 is 5.92. The lowest BCUT2D eigenvalue weighted by atomic mass is 10.2. The van der Waals surface area contributed by atoms with Gasteiger partial charge >= 0.3 is 0 Å². The molecule has 4 nitrogen and oxygen atoms in total. The van der Waals surface area contributed by atoms with E-state index in [-0.39, 0.29) is 11.6 Å². The van der Waals surface area contributed by atoms with Gasteiger partial charge in [-0.3, -0.25) is 0 Å². The molecular weight excluding hydrogens is 351 g/mol. The lowest BCUT2D eigenvalue weighted by Crippen LogP contribution is -2.49. The van der Waals surface area contributed by atoms with Crippen LogP contribution in [0.25, 0.3) is 0 Å². The Morgan fingerprint density at radius 3 is 2.29 bits per heavy atom. The molecule has 7 heteroatoms. The first-order valence-corrected chi connectivity index (χ1v) is 9.65. The van der Waals surface area contributed by atoms with E-state index in [9.17, 15) is 12.8 Å². The van der Waals surface area contributed by atoms with Gasteiger partial charge in [0.15, 0.2) is 0 Å². The van der Waals surface area contributed by atoms with E-state index in [2.05, 4.69) is 4.90 Å². The maximum Gasteiger partial charge on any atom is 0.218 e. The van der Waals surface area contributed by atoms with Crippen LogP contribution < -0.4 is 4.90 Å². The van der Waals surface area contributed by atoms with Crippen molar-refractivity contribution in [3.05, 3.63) is 64.9 Å². The molecule has 1 fully saturated rings. The number of sulfonamides is 1. The minimum Gasteiger partial charge on any atom is -0.369 e. The minimum absolute atomic E-state index is 0.0515. The van der Waals surface area contributed by atoms with Crippen LogP contribution in [0.2, 0.25) is 5.02 Å². The number of nitrogens with zero attached hydrogens (tertiary/aromatic N) is 2. The van der Waals surface area contributed by atoms with Crippen LogP contribution in [-0.2, 0) is 15.8 Å². The third-order valence-electron chi connectivity index (χ3n) is 4.06. The molecule has 0 spiro atoms. The molecule has 0 bridgehead atoms. The molecule has 0 saturated carbocycles. The van der Waals surface area contributed by atoms with Crippen LogP contribution in [0.1, 0.15) is 5.56 Å². The van der Waals surface area contributed by atoms with E-state index < -0.39 is 10.0 Å². The van der Waals surface area contributed by atoms with Gasteiger partial charge in [-0.05, 0) is 42.0 Å². The molecule has 0 radical (unpaired) electrons. The van der Waals surface area contributed by atoms with Crippen LogP contribution in [0.5, 0.6) is 0 Å². The fourth-order valence-corrected chi connectivity index (χ4v) is 4.52. The second kappa shape index (κ2) is 7.09. The van der Waals surface area contributed by atoms with Crippen molar-refractivity contribution in [2.75, 3.05) is 31.1 Å². The van der Waals surface area contributed by atoms with Gasteiger partial charge in [-0.15, -0.1) is 0 Å². The van der Waals surface area contributed by atoms with Gasteiger partial charge in [-0.2, -0.15) is 4.31 Å². The van der Waals surface area contributed by atoms with E-state index in [0.717, 1.165) is 5.69 Å². The van der Waals surface area contributed by atoms with Gasteiger partial charge < -0.3 is 4.90 Å². The summed E-state index contributed by atoms with van der Waals surface area (Å²) in [5.41, 5.74) is 1.59. The zero-order chi connectivity index (χ0) is 17.2. The minimum atomic E-state index is -3.38. The molecule has 1 saturated heterocycles. The summed E-state index contributed by atoms with van der Waals surface area (Å²) in [4.78, 5) is 2.06. The number of anilines is 1. The van der Waals surface area contributed by atoms with Crippen molar-refractivity contribution in [1.82, 2.24) is 4.31 Å². The fourth-order valence-electron chi connectivity index (χ4n) is 2.81. The van der Waals surface area contributed by atoms with E-state index in [4.69, 9.17) is 11.6 Å².